The molecule has 10 heteroatoms. The van der Waals surface area contributed by atoms with E-state index in [-0.39, 0.29) is 12.3 Å². The first kappa shape index (κ1) is 28.2. The van der Waals surface area contributed by atoms with Crippen LogP contribution in [0.3, 0.4) is 0 Å². The zero-order valence-corrected chi connectivity index (χ0v) is 20.9. The lowest BCUT2D eigenvalue weighted by Gasteiger charge is -2.43. The van der Waals surface area contributed by atoms with E-state index >= 15 is 0 Å². The normalized spacial score (nSPS) is 18.9. The molecule has 2 aromatic carbocycles. The monoisotopic (exact) mass is 519 g/mol. The number of alkyl halides is 3. The third-order valence-corrected chi connectivity index (χ3v) is 6.20. The fourth-order valence-electron chi connectivity index (χ4n) is 4.40. The molecule has 4 atom stereocenters. The summed E-state index contributed by atoms with van der Waals surface area (Å²) >= 11 is 0. The molecule has 2 amide bonds. The van der Waals surface area contributed by atoms with Crippen molar-refractivity contribution in [2.75, 3.05) is 6.54 Å². The van der Waals surface area contributed by atoms with E-state index in [0.29, 0.717) is 16.8 Å². The molecule has 1 heterocycles. The standard InChI is InChI=1S/C27H32F3N3O4/c1-17(2)24-26(37)33(22(15-32(24)18(3)34)20-12-8-5-9-13-20)16-23(35)31-21(25(36)27(28,29)30)14-19-10-6-4-7-11-19/h4-13,15,17-18,21,24-25,34,36H,14,16H2,1-3H3,(H,31,35). The van der Waals surface area contributed by atoms with Crippen LogP contribution in [0, 0.1) is 5.92 Å². The van der Waals surface area contributed by atoms with Crippen molar-refractivity contribution in [2.24, 2.45) is 5.92 Å². The predicted octanol–water partition coefficient (Wildman–Crippen LogP) is 3.14. The van der Waals surface area contributed by atoms with E-state index in [1.54, 1.807) is 80.7 Å². The molecule has 3 N–H and O–H groups in total. The number of aliphatic hydroxyl groups excluding tert-OH is 2. The molecule has 0 aromatic heterocycles. The second-order valence-electron chi connectivity index (χ2n) is 9.42. The first-order valence-corrected chi connectivity index (χ1v) is 12.0. The van der Waals surface area contributed by atoms with Crippen LogP contribution in [0.25, 0.3) is 5.70 Å². The molecule has 37 heavy (non-hydrogen) atoms. The highest BCUT2D eigenvalue weighted by Crippen LogP contribution is 2.31. The maximum absolute atomic E-state index is 13.6. The van der Waals surface area contributed by atoms with Gasteiger partial charge in [-0.15, -0.1) is 0 Å². The Morgan fingerprint density at radius 3 is 2.08 bits per heavy atom. The van der Waals surface area contributed by atoms with Crippen molar-refractivity contribution in [3.63, 3.8) is 0 Å². The number of carbonyl (C=O) groups excluding carboxylic acids is 2. The maximum Gasteiger partial charge on any atom is 0.416 e. The van der Waals surface area contributed by atoms with E-state index in [9.17, 15) is 33.0 Å². The summed E-state index contributed by atoms with van der Waals surface area (Å²) in [5.74, 6) is -1.56. The highest BCUT2D eigenvalue weighted by Gasteiger charge is 2.45. The van der Waals surface area contributed by atoms with Crippen molar-refractivity contribution in [1.29, 1.82) is 0 Å². The SMILES string of the molecule is CC(C)C1C(=O)N(CC(=O)NC(Cc2ccccc2)C(O)C(F)(F)F)C(c2ccccc2)=CN1C(C)O. The summed E-state index contributed by atoms with van der Waals surface area (Å²) in [5.41, 5.74) is 1.42. The Morgan fingerprint density at radius 2 is 1.57 bits per heavy atom. The summed E-state index contributed by atoms with van der Waals surface area (Å²) < 4.78 is 40.2. The number of nitrogens with one attached hydrogen (secondary N) is 1. The van der Waals surface area contributed by atoms with Crippen molar-refractivity contribution in [3.05, 3.63) is 78.0 Å². The number of hydrogen-bond donors (Lipinski definition) is 3. The van der Waals surface area contributed by atoms with E-state index in [1.165, 1.54) is 16.7 Å². The van der Waals surface area contributed by atoms with Gasteiger partial charge in [-0.05, 0) is 30.4 Å². The molecule has 1 aliphatic rings. The second-order valence-corrected chi connectivity index (χ2v) is 9.42. The maximum atomic E-state index is 13.6. The first-order chi connectivity index (χ1) is 17.4. The zero-order chi connectivity index (χ0) is 27.3. The Bertz CT molecular complexity index is 1090. The van der Waals surface area contributed by atoms with Crippen LogP contribution in [0.15, 0.2) is 66.9 Å². The minimum absolute atomic E-state index is 0.237. The average molecular weight is 520 g/mol. The van der Waals surface area contributed by atoms with Gasteiger partial charge in [-0.1, -0.05) is 74.5 Å². The number of aliphatic hydroxyl groups is 2. The van der Waals surface area contributed by atoms with Gasteiger partial charge in [0.05, 0.1) is 11.7 Å². The van der Waals surface area contributed by atoms with Gasteiger partial charge in [-0.2, -0.15) is 13.2 Å². The van der Waals surface area contributed by atoms with Gasteiger partial charge in [-0.3, -0.25) is 14.5 Å². The third-order valence-electron chi connectivity index (χ3n) is 6.20. The van der Waals surface area contributed by atoms with Crippen LogP contribution in [-0.4, -0.2) is 69.0 Å². The molecule has 0 spiro atoms. The molecule has 7 nitrogen and oxygen atoms in total. The number of nitrogens with zero attached hydrogens (tertiary/aromatic N) is 2. The van der Waals surface area contributed by atoms with Gasteiger partial charge in [0, 0.05) is 6.20 Å². The lowest BCUT2D eigenvalue weighted by molar-refractivity contribution is -0.212. The number of halogens is 3. The topological polar surface area (TPSA) is 93.1 Å². The molecule has 0 radical (unpaired) electrons. The molecule has 0 fully saturated rings. The van der Waals surface area contributed by atoms with E-state index in [1.807, 2.05) is 0 Å². The summed E-state index contributed by atoms with van der Waals surface area (Å²) in [7, 11) is 0. The second kappa shape index (κ2) is 11.8. The predicted molar refractivity (Wildman–Crippen MR) is 132 cm³/mol. The molecule has 0 saturated heterocycles. The fraction of sp³-hybridized carbons (Fsp3) is 0.407. The highest BCUT2D eigenvalue weighted by molar-refractivity contribution is 5.96. The number of hydrogen-bond acceptors (Lipinski definition) is 5. The molecular formula is C27H32F3N3O4. The van der Waals surface area contributed by atoms with Gasteiger partial charge in [0.1, 0.15) is 18.8 Å². The van der Waals surface area contributed by atoms with Crippen molar-refractivity contribution >= 4 is 17.5 Å². The number of benzene rings is 2. The molecule has 2 aromatic rings. The third kappa shape index (κ3) is 6.90. The van der Waals surface area contributed by atoms with Crippen molar-refractivity contribution in [1.82, 2.24) is 15.1 Å². The van der Waals surface area contributed by atoms with Gasteiger partial charge in [0.2, 0.25) is 5.91 Å². The summed E-state index contributed by atoms with van der Waals surface area (Å²) in [6.45, 7) is 4.56. The molecule has 0 bridgehead atoms. The molecule has 3 rings (SSSR count). The van der Waals surface area contributed by atoms with Crippen LogP contribution in [-0.2, 0) is 16.0 Å². The minimum Gasteiger partial charge on any atom is -0.382 e. The zero-order valence-electron chi connectivity index (χ0n) is 20.9. The van der Waals surface area contributed by atoms with Gasteiger partial charge >= 0.3 is 6.18 Å². The number of rotatable bonds is 9. The molecule has 4 unspecified atom stereocenters. The van der Waals surface area contributed by atoms with Crippen molar-refractivity contribution in [3.8, 4) is 0 Å². The Balaban J connectivity index is 1.92. The largest absolute Gasteiger partial charge is 0.416 e. The Morgan fingerprint density at radius 1 is 1.00 bits per heavy atom. The Kier molecular flexibility index (Phi) is 8.98. The summed E-state index contributed by atoms with van der Waals surface area (Å²) in [5, 5.41) is 22.6. The van der Waals surface area contributed by atoms with E-state index in [2.05, 4.69) is 5.32 Å². The van der Waals surface area contributed by atoms with E-state index in [4.69, 9.17) is 0 Å². The van der Waals surface area contributed by atoms with Crippen molar-refractivity contribution < 1.29 is 33.0 Å². The Hall–Kier alpha value is -3.37. The molecule has 0 saturated carbocycles. The summed E-state index contributed by atoms with van der Waals surface area (Å²) in [6.07, 6.45) is -7.42. The van der Waals surface area contributed by atoms with Crippen LogP contribution in [0.2, 0.25) is 0 Å². The fourth-order valence-corrected chi connectivity index (χ4v) is 4.40. The lowest BCUT2D eigenvalue weighted by Crippen LogP contribution is -2.58. The van der Waals surface area contributed by atoms with Crippen LogP contribution in [0.4, 0.5) is 13.2 Å². The van der Waals surface area contributed by atoms with Crippen LogP contribution < -0.4 is 5.32 Å². The van der Waals surface area contributed by atoms with Gasteiger partial charge in [0.25, 0.3) is 5.91 Å². The van der Waals surface area contributed by atoms with E-state index < -0.39 is 49.0 Å². The highest BCUT2D eigenvalue weighted by atomic mass is 19.4. The molecule has 1 aliphatic heterocycles. The van der Waals surface area contributed by atoms with Gasteiger partial charge in [0.15, 0.2) is 6.10 Å². The van der Waals surface area contributed by atoms with Crippen LogP contribution in [0.5, 0.6) is 0 Å². The summed E-state index contributed by atoms with van der Waals surface area (Å²) in [4.78, 5) is 29.4. The quantitative estimate of drug-likeness (QED) is 0.474. The smallest absolute Gasteiger partial charge is 0.382 e. The summed E-state index contributed by atoms with van der Waals surface area (Å²) in [6, 6.07) is 14.5. The van der Waals surface area contributed by atoms with Crippen LogP contribution >= 0.6 is 0 Å². The average Bonchev–Trinajstić information content (AvgIpc) is 2.84. The van der Waals surface area contributed by atoms with Gasteiger partial charge in [-0.25, -0.2) is 0 Å². The number of carbonyl (C=O) groups is 2. The molecule has 0 aliphatic carbocycles. The van der Waals surface area contributed by atoms with Crippen molar-refractivity contribution in [2.45, 2.75) is 57.8 Å². The van der Waals surface area contributed by atoms with E-state index in [0.717, 1.165) is 0 Å². The lowest BCUT2D eigenvalue weighted by atomic mass is 9.96. The minimum atomic E-state index is -4.96. The Labute approximate surface area is 214 Å². The first-order valence-electron chi connectivity index (χ1n) is 12.0. The number of amides is 2. The van der Waals surface area contributed by atoms with Crippen LogP contribution in [0.1, 0.15) is 31.9 Å². The molecular weight excluding hydrogens is 487 g/mol. The molecule has 200 valence electrons. The van der Waals surface area contributed by atoms with Gasteiger partial charge < -0.3 is 20.4 Å².